The maximum absolute atomic E-state index is 11.3. The Bertz CT molecular complexity index is 665. The number of hydrogen-bond donors (Lipinski definition) is 2. The predicted octanol–water partition coefficient (Wildman–Crippen LogP) is 1.82. The van der Waals surface area contributed by atoms with E-state index in [0.29, 0.717) is 16.7 Å². The van der Waals surface area contributed by atoms with Crippen LogP contribution in [0.5, 0.6) is 0 Å². The second-order valence-corrected chi connectivity index (χ2v) is 4.03. The fourth-order valence-corrected chi connectivity index (χ4v) is 1.78. The molecule has 0 spiro atoms. The number of nitrogens with two attached hydrogens (primary N) is 1. The van der Waals surface area contributed by atoms with Crippen molar-refractivity contribution < 1.29 is 19.4 Å². The van der Waals surface area contributed by atoms with Gasteiger partial charge in [-0.1, -0.05) is 12.1 Å². The Kier molecular flexibility index (Phi) is 3.65. The molecule has 0 unspecified atom stereocenters. The number of hydrogen-bond acceptors (Lipinski definition) is 5. The fraction of sp³-hybridized carbons (Fsp3) is 0.0714. The summed E-state index contributed by atoms with van der Waals surface area (Å²) in [5, 5.41) is 9.17. The summed E-state index contributed by atoms with van der Waals surface area (Å²) in [5.41, 5.74) is 6.99. The van der Waals surface area contributed by atoms with Crippen LogP contribution in [0.1, 0.15) is 20.7 Å². The first kappa shape index (κ1) is 13.5. The summed E-state index contributed by atoms with van der Waals surface area (Å²) in [6, 6.07) is 7.68. The van der Waals surface area contributed by atoms with Gasteiger partial charge in [0, 0.05) is 11.8 Å². The Morgan fingerprint density at radius 3 is 2.45 bits per heavy atom. The molecule has 0 atom stereocenters. The molecule has 2 aromatic rings. The zero-order valence-electron chi connectivity index (χ0n) is 10.7. The number of rotatable bonds is 3. The van der Waals surface area contributed by atoms with Crippen LogP contribution in [0.2, 0.25) is 0 Å². The topological polar surface area (TPSA) is 103 Å². The fourth-order valence-electron chi connectivity index (χ4n) is 1.78. The first-order valence-electron chi connectivity index (χ1n) is 5.70. The Morgan fingerprint density at radius 2 is 1.90 bits per heavy atom. The summed E-state index contributed by atoms with van der Waals surface area (Å²) in [7, 11) is 1.29. The van der Waals surface area contributed by atoms with Gasteiger partial charge in [0.15, 0.2) is 0 Å². The molecule has 6 heteroatoms. The molecule has 3 N–H and O–H groups in total. The Labute approximate surface area is 114 Å². The van der Waals surface area contributed by atoms with E-state index in [4.69, 9.17) is 5.73 Å². The molecular weight excluding hydrogens is 260 g/mol. The lowest BCUT2D eigenvalue weighted by molar-refractivity contribution is 0.0599. The first-order valence-corrected chi connectivity index (χ1v) is 5.70. The van der Waals surface area contributed by atoms with E-state index in [1.165, 1.54) is 19.4 Å². The number of methoxy groups -OCH3 is 1. The molecule has 0 radical (unpaired) electrons. The third kappa shape index (κ3) is 2.59. The lowest BCUT2D eigenvalue weighted by Gasteiger charge is -2.07. The van der Waals surface area contributed by atoms with Crippen LogP contribution in [0.3, 0.4) is 0 Å². The van der Waals surface area contributed by atoms with Crippen LogP contribution in [0.4, 0.5) is 5.82 Å². The number of aromatic carboxylic acids is 1. The quantitative estimate of drug-likeness (QED) is 0.826. The molecule has 0 amide bonds. The number of anilines is 1. The van der Waals surface area contributed by atoms with Crippen molar-refractivity contribution in [3.05, 3.63) is 47.7 Å². The molecule has 0 aliphatic heterocycles. The van der Waals surface area contributed by atoms with E-state index in [9.17, 15) is 14.7 Å². The van der Waals surface area contributed by atoms with Crippen molar-refractivity contribution in [2.45, 2.75) is 0 Å². The van der Waals surface area contributed by atoms with Crippen LogP contribution < -0.4 is 5.73 Å². The van der Waals surface area contributed by atoms with E-state index in [1.807, 2.05) is 0 Å². The van der Waals surface area contributed by atoms with Crippen molar-refractivity contribution in [3.63, 3.8) is 0 Å². The Hall–Kier alpha value is -2.89. The van der Waals surface area contributed by atoms with E-state index in [0.717, 1.165) is 0 Å². The molecule has 0 aliphatic carbocycles. The van der Waals surface area contributed by atoms with Gasteiger partial charge >= 0.3 is 11.9 Å². The summed E-state index contributed by atoms with van der Waals surface area (Å²) in [5.74, 6) is -1.41. The zero-order valence-corrected chi connectivity index (χ0v) is 10.7. The van der Waals surface area contributed by atoms with Gasteiger partial charge in [0.2, 0.25) is 0 Å². The number of carboxylic acid groups (broad SMARTS) is 1. The van der Waals surface area contributed by atoms with Gasteiger partial charge in [-0.15, -0.1) is 0 Å². The van der Waals surface area contributed by atoms with Crippen molar-refractivity contribution in [1.82, 2.24) is 4.98 Å². The molecule has 1 heterocycles. The van der Waals surface area contributed by atoms with Gasteiger partial charge in [-0.3, -0.25) is 0 Å². The van der Waals surface area contributed by atoms with Crippen LogP contribution in [0, 0.1) is 0 Å². The summed E-state index contributed by atoms with van der Waals surface area (Å²) in [4.78, 5) is 26.4. The van der Waals surface area contributed by atoms with Crippen LogP contribution in [0.15, 0.2) is 36.5 Å². The molecular formula is C14H12N2O4. The van der Waals surface area contributed by atoms with Gasteiger partial charge < -0.3 is 15.6 Å². The number of benzene rings is 1. The van der Waals surface area contributed by atoms with E-state index < -0.39 is 11.9 Å². The normalized spacial score (nSPS) is 10.1. The van der Waals surface area contributed by atoms with Gasteiger partial charge in [-0.25, -0.2) is 14.6 Å². The van der Waals surface area contributed by atoms with Gasteiger partial charge in [-0.2, -0.15) is 0 Å². The molecule has 1 aromatic carbocycles. The average molecular weight is 272 g/mol. The first-order chi connectivity index (χ1) is 9.52. The van der Waals surface area contributed by atoms with Crippen molar-refractivity contribution in [2.24, 2.45) is 0 Å². The van der Waals surface area contributed by atoms with Crippen molar-refractivity contribution >= 4 is 17.8 Å². The Morgan fingerprint density at radius 1 is 1.25 bits per heavy atom. The average Bonchev–Trinajstić information content (AvgIpc) is 2.46. The number of nitrogen functional groups attached to an aromatic ring is 1. The number of carboxylic acids is 1. The molecule has 1 aromatic heterocycles. The minimum atomic E-state index is -1.09. The lowest BCUT2D eigenvalue weighted by atomic mass is 10.0. The van der Waals surface area contributed by atoms with Gasteiger partial charge in [0.1, 0.15) is 5.82 Å². The second kappa shape index (κ2) is 5.40. The van der Waals surface area contributed by atoms with E-state index >= 15 is 0 Å². The van der Waals surface area contributed by atoms with Crippen molar-refractivity contribution in [1.29, 1.82) is 0 Å². The maximum Gasteiger partial charge on any atom is 0.337 e. The molecule has 0 saturated carbocycles. The molecule has 20 heavy (non-hydrogen) atoms. The number of ether oxygens (including phenoxy) is 1. The highest BCUT2D eigenvalue weighted by Gasteiger charge is 2.13. The largest absolute Gasteiger partial charge is 0.478 e. The number of carbonyl (C=O) groups excluding carboxylic acids is 1. The minimum absolute atomic E-state index is 0.0586. The van der Waals surface area contributed by atoms with Crippen LogP contribution >= 0.6 is 0 Å². The van der Waals surface area contributed by atoms with Crippen LogP contribution in [-0.2, 0) is 4.74 Å². The van der Waals surface area contributed by atoms with Crippen LogP contribution in [0.25, 0.3) is 11.1 Å². The highest BCUT2D eigenvalue weighted by Crippen LogP contribution is 2.24. The maximum atomic E-state index is 11.3. The van der Waals surface area contributed by atoms with Crippen LogP contribution in [-0.4, -0.2) is 29.1 Å². The molecule has 102 valence electrons. The highest BCUT2D eigenvalue weighted by atomic mass is 16.5. The second-order valence-electron chi connectivity index (χ2n) is 4.03. The molecule has 2 rings (SSSR count). The molecule has 6 nitrogen and oxygen atoms in total. The predicted molar refractivity (Wildman–Crippen MR) is 72.4 cm³/mol. The number of pyridine rings is 1. The summed E-state index contributed by atoms with van der Waals surface area (Å²) >= 11 is 0. The monoisotopic (exact) mass is 272 g/mol. The number of nitrogens with zero attached hydrogens (tertiary/aromatic N) is 1. The third-order valence-corrected chi connectivity index (χ3v) is 2.77. The van der Waals surface area contributed by atoms with E-state index in [1.54, 1.807) is 24.3 Å². The molecule has 0 aliphatic rings. The standard InChI is InChI=1S/C14H12N2O4/c1-20-14(19)9-4-2-8(3-5-9)11-7-16-12(15)6-10(11)13(17)18/h2-7H,1H3,(H2,15,16)(H,17,18). The Balaban J connectivity index is 2.47. The minimum Gasteiger partial charge on any atom is -0.478 e. The molecule has 0 fully saturated rings. The number of esters is 1. The third-order valence-electron chi connectivity index (χ3n) is 2.77. The SMILES string of the molecule is COC(=O)c1ccc(-c2cnc(N)cc2C(=O)O)cc1. The number of aromatic nitrogens is 1. The smallest absolute Gasteiger partial charge is 0.337 e. The van der Waals surface area contributed by atoms with E-state index in [-0.39, 0.29) is 11.4 Å². The molecule has 0 bridgehead atoms. The lowest BCUT2D eigenvalue weighted by Crippen LogP contribution is -2.04. The highest BCUT2D eigenvalue weighted by molar-refractivity contribution is 5.97. The summed E-state index contributed by atoms with van der Waals surface area (Å²) in [6.45, 7) is 0. The van der Waals surface area contributed by atoms with Crippen molar-refractivity contribution in [3.8, 4) is 11.1 Å². The van der Waals surface area contributed by atoms with Gasteiger partial charge in [0.25, 0.3) is 0 Å². The van der Waals surface area contributed by atoms with E-state index in [2.05, 4.69) is 9.72 Å². The van der Waals surface area contributed by atoms with Gasteiger partial charge in [-0.05, 0) is 23.8 Å². The van der Waals surface area contributed by atoms with Gasteiger partial charge in [0.05, 0.1) is 18.2 Å². The number of carbonyl (C=O) groups is 2. The summed E-state index contributed by atoms with van der Waals surface area (Å²) < 4.78 is 4.60. The molecule has 0 saturated heterocycles. The summed E-state index contributed by atoms with van der Waals surface area (Å²) in [6.07, 6.45) is 1.39. The van der Waals surface area contributed by atoms with Crippen molar-refractivity contribution in [2.75, 3.05) is 12.8 Å². The zero-order chi connectivity index (χ0) is 14.7.